The van der Waals surface area contributed by atoms with Gasteiger partial charge in [0.15, 0.2) is 0 Å². The summed E-state index contributed by atoms with van der Waals surface area (Å²) in [4.78, 5) is 0. The molecule has 0 unspecified atom stereocenters. The number of hydrogen-bond acceptors (Lipinski definition) is 2. The Morgan fingerprint density at radius 3 is 2.50 bits per heavy atom. The molecule has 0 spiro atoms. The van der Waals surface area contributed by atoms with Gasteiger partial charge in [0.25, 0.3) is 0 Å². The summed E-state index contributed by atoms with van der Waals surface area (Å²) in [6.07, 6.45) is 0. The van der Waals surface area contributed by atoms with Gasteiger partial charge in [-0.05, 0) is 24.3 Å². The van der Waals surface area contributed by atoms with Crippen LogP contribution in [0.3, 0.4) is 0 Å². The predicted molar refractivity (Wildman–Crippen MR) is 61.8 cm³/mol. The Labute approximate surface area is 92.7 Å². The van der Waals surface area contributed by atoms with Gasteiger partial charge < -0.3 is 9.47 Å². The fraction of sp³-hybridized carbons (Fsp3) is 0.273. The number of methoxy groups -OCH3 is 1. The van der Waals surface area contributed by atoms with Crippen molar-refractivity contribution in [3.63, 3.8) is 0 Å². The van der Waals surface area contributed by atoms with Crippen molar-refractivity contribution in [1.82, 2.24) is 0 Å². The van der Waals surface area contributed by atoms with E-state index < -0.39 is 0 Å². The Hall–Kier alpha value is -0.960. The van der Waals surface area contributed by atoms with Gasteiger partial charge in [-0.2, -0.15) is 0 Å². The molecule has 0 amide bonds. The molecule has 76 valence electrons. The average molecular weight is 257 g/mol. The summed E-state index contributed by atoms with van der Waals surface area (Å²) in [5.74, 6) is 1.52. The highest BCUT2D eigenvalue weighted by atomic mass is 79.9. The first kappa shape index (κ1) is 11.1. The second kappa shape index (κ2) is 5.70. The minimum atomic E-state index is 0.664. The molecule has 0 radical (unpaired) electrons. The third kappa shape index (κ3) is 3.07. The van der Waals surface area contributed by atoms with Crippen molar-refractivity contribution in [2.45, 2.75) is 0 Å². The lowest BCUT2D eigenvalue weighted by atomic mass is 10.2. The summed E-state index contributed by atoms with van der Waals surface area (Å²) >= 11 is 3.30. The number of benzene rings is 1. The molecular formula is C11H13BrO2. The summed E-state index contributed by atoms with van der Waals surface area (Å²) in [6, 6.07) is 7.66. The van der Waals surface area contributed by atoms with E-state index in [1.165, 1.54) is 0 Å². The van der Waals surface area contributed by atoms with Crippen LogP contribution in [-0.4, -0.2) is 19.0 Å². The van der Waals surface area contributed by atoms with Gasteiger partial charge in [0.2, 0.25) is 0 Å². The number of hydrogen-bond donors (Lipinski definition) is 0. The zero-order chi connectivity index (χ0) is 10.4. The van der Waals surface area contributed by atoms with Crippen molar-refractivity contribution in [2.75, 3.05) is 19.0 Å². The lowest BCUT2D eigenvalue weighted by Crippen LogP contribution is -1.97. The van der Waals surface area contributed by atoms with Gasteiger partial charge in [0.1, 0.15) is 11.5 Å². The van der Waals surface area contributed by atoms with E-state index in [2.05, 4.69) is 22.5 Å². The summed E-state index contributed by atoms with van der Waals surface area (Å²) in [6.45, 7) is 4.44. The minimum absolute atomic E-state index is 0.664. The molecule has 0 atom stereocenters. The molecule has 0 saturated heterocycles. The second-order valence-corrected chi connectivity index (χ2v) is 3.48. The highest BCUT2D eigenvalue weighted by Crippen LogP contribution is 2.17. The highest BCUT2D eigenvalue weighted by molar-refractivity contribution is 9.09. The summed E-state index contributed by atoms with van der Waals surface area (Å²) in [5.41, 5.74) is 0.971. The van der Waals surface area contributed by atoms with Crippen molar-refractivity contribution < 1.29 is 9.47 Å². The fourth-order valence-electron chi connectivity index (χ4n) is 1.01. The van der Waals surface area contributed by atoms with Gasteiger partial charge in [0.05, 0.1) is 13.7 Å². The topological polar surface area (TPSA) is 18.5 Å². The minimum Gasteiger partial charge on any atom is -0.497 e. The van der Waals surface area contributed by atoms with Crippen LogP contribution in [-0.2, 0) is 4.74 Å². The van der Waals surface area contributed by atoms with Crippen LogP contribution in [0.4, 0.5) is 0 Å². The summed E-state index contributed by atoms with van der Waals surface area (Å²) in [5, 5.41) is 0.833. The van der Waals surface area contributed by atoms with Gasteiger partial charge in [0, 0.05) is 10.9 Å². The number of ether oxygens (including phenoxy) is 2. The van der Waals surface area contributed by atoms with Crippen molar-refractivity contribution in [3.8, 4) is 5.75 Å². The Kier molecular flexibility index (Phi) is 4.53. The Bertz CT molecular complexity index is 293. The van der Waals surface area contributed by atoms with E-state index in [9.17, 15) is 0 Å². The zero-order valence-electron chi connectivity index (χ0n) is 8.13. The van der Waals surface area contributed by atoms with Crippen LogP contribution >= 0.6 is 15.9 Å². The molecule has 3 heteroatoms. The van der Waals surface area contributed by atoms with Gasteiger partial charge in [-0.3, -0.25) is 0 Å². The maximum absolute atomic E-state index is 5.41. The van der Waals surface area contributed by atoms with Crippen LogP contribution in [0.15, 0.2) is 30.8 Å². The number of halogens is 1. The van der Waals surface area contributed by atoms with Gasteiger partial charge in [-0.15, -0.1) is 0 Å². The molecule has 0 aliphatic heterocycles. The van der Waals surface area contributed by atoms with E-state index in [4.69, 9.17) is 9.47 Å². The molecule has 1 aromatic carbocycles. The van der Waals surface area contributed by atoms with Crippen LogP contribution in [0.1, 0.15) is 5.56 Å². The van der Waals surface area contributed by atoms with E-state index in [-0.39, 0.29) is 0 Å². The normalized spacial score (nSPS) is 9.57. The zero-order valence-corrected chi connectivity index (χ0v) is 9.71. The van der Waals surface area contributed by atoms with E-state index in [0.29, 0.717) is 12.4 Å². The van der Waals surface area contributed by atoms with Gasteiger partial charge in [-0.25, -0.2) is 0 Å². The third-order valence-electron chi connectivity index (χ3n) is 1.77. The molecule has 1 rings (SSSR count). The van der Waals surface area contributed by atoms with E-state index >= 15 is 0 Å². The molecule has 0 heterocycles. The van der Waals surface area contributed by atoms with Crippen LogP contribution in [0.25, 0.3) is 5.76 Å². The number of alkyl halides is 1. The monoisotopic (exact) mass is 256 g/mol. The first-order valence-corrected chi connectivity index (χ1v) is 5.42. The molecule has 0 aliphatic carbocycles. The van der Waals surface area contributed by atoms with Gasteiger partial charge >= 0.3 is 0 Å². The lowest BCUT2D eigenvalue weighted by Gasteiger charge is -2.06. The SMILES string of the molecule is C=C(OC)c1ccc(OCCBr)cc1. The van der Waals surface area contributed by atoms with E-state index in [1.807, 2.05) is 24.3 Å². The maximum Gasteiger partial charge on any atom is 0.119 e. The van der Waals surface area contributed by atoms with Gasteiger partial charge in [-0.1, -0.05) is 22.5 Å². The second-order valence-electron chi connectivity index (χ2n) is 2.69. The first-order chi connectivity index (χ1) is 6.77. The molecule has 0 N–H and O–H groups in total. The van der Waals surface area contributed by atoms with Crippen molar-refractivity contribution in [3.05, 3.63) is 36.4 Å². The molecule has 1 aromatic rings. The molecule has 0 aliphatic rings. The molecule has 2 nitrogen and oxygen atoms in total. The molecule has 0 aromatic heterocycles. The van der Waals surface area contributed by atoms with Crippen molar-refractivity contribution in [1.29, 1.82) is 0 Å². The Balaban J connectivity index is 2.63. The van der Waals surface area contributed by atoms with Crippen LogP contribution in [0.5, 0.6) is 5.75 Å². The molecule has 0 bridgehead atoms. The highest BCUT2D eigenvalue weighted by Gasteiger charge is 1.98. The van der Waals surface area contributed by atoms with E-state index in [1.54, 1.807) is 7.11 Å². The fourth-order valence-corrected chi connectivity index (χ4v) is 1.17. The Morgan fingerprint density at radius 1 is 1.36 bits per heavy atom. The standard InChI is InChI=1S/C11H13BrO2/c1-9(13-2)10-3-5-11(6-4-10)14-8-7-12/h3-6H,1,7-8H2,2H3. The van der Waals surface area contributed by atoms with Crippen LogP contribution in [0, 0.1) is 0 Å². The lowest BCUT2D eigenvalue weighted by molar-refractivity contribution is 0.344. The van der Waals surface area contributed by atoms with Crippen LogP contribution < -0.4 is 4.74 Å². The number of rotatable bonds is 5. The Morgan fingerprint density at radius 2 is 2.00 bits per heavy atom. The quantitative estimate of drug-likeness (QED) is 0.596. The third-order valence-corrected chi connectivity index (χ3v) is 2.09. The predicted octanol–water partition coefficient (Wildman–Crippen LogP) is 3.08. The largest absolute Gasteiger partial charge is 0.497 e. The summed E-state index contributed by atoms with van der Waals surface area (Å²) in [7, 11) is 1.61. The molecule has 0 fully saturated rings. The smallest absolute Gasteiger partial charge is 0.119 e. The molecular weight excluding hydrogens is 244 g/mol. The van der Waals surface area contributed by atoms with Crippen molar-refractivity contribution in [2.24, 2.45) is 0 Å². The molecule has 14 heavy (non-hydrogen) atoms. The maximum atomic E-state index is 5.41. The average Bonchev–Trinajstić information content (AvgIpc) is 2.26. The first-order valence-electron chi connectivity index (χ1n) is 4.30. The van der Waals surface area contributed by atoms with E-state index in [0.717, 1.165) is 16.6 Å². The summed E-state index contributed by atoms with van der Waals surface area (Å²) < 4.78 is 10.4. The van der Waals surface area contributed by atoms with Crippen LogP contribution in [0.2, 0.25) is 0 Å². The van der Waals surface area contributed by atoms with Crippen molar-refractivity contribution >= 4 is 21.7 Å². The molecule has 0 saturated carbocycles.